The fourth-order valence-corrected chi connectivity index (χ4v) is 3.92. The first-order valence-electron chi connectivity index (χ1n) is 8.01. The quantitative estimate of drug-likeness (QED) is 0.514. The van der Waals surface area contributed by atoms with Gasteiger partial charge in [0.05, 0.1) is 19.2 Å². The van der Waals surface area contributed by atoms with Crippen molar-refractivity contribution in [3.63, 3.8) is 0 Å². The Balaban J connectivity index is 0.000000142. The van der Waals surface area contributed by atoms with Crippen molar-refractivity contribution in [1.82, 2.24) is 9.97 Å². The van der Waals surface area contributed by atoms with Gasteiger partial charge >= 0.3 is 0 Å². The number of thiazole rings is 1. The summed E-state index contributed by atoms with van der Waals surface area (Å²) in [6.07, 6.45) is 6.61. The molecule has 6 heteroatoms. The van der Waals surface area contributed by atoms with Gasteiger partial charge in [0.15, 0.2) is 0 Å². The minimum atomic E-state index is 0.660. The molecule has 0 aromatic carbocycles. The van der Waals surface area contributed by atoms with E-state index in [2.05, 4.69) is 14.8 Å². The van der Waals surface area contributed by atoms with Crippen molar-refractivity contribution in [2.75, 3.05) is 7.11 Å². The van der Waals surface area contributed by atoms with Gasteiger partial charge < -0.3 is 4.74 Å². The van der Waals surface area contributed by atoms with Crippen molar-refractivity contribution in [2.45, 2.75) is 32.6 Å². The SMILES string of the molecule is COc1ccccn1.Cc1cscn1.[C-]#[N+]c1csc2c1CCCC2. The molecular weight excluding hydrogens is 350 g/mol. The lowest BCUT2D eigenvalue weighted by atomic mass is 9.98. The maximum absolute atomic E-state index is 6.93. The number of aromatic nitrogens is 2. The van der Waals surface area contributed by atoms with E-state index in [0.29, 0.717) is 5.88 Å². The normalized spacial score (nSPS) is 11.7. The Labute approximate surface area is 157 Å². The van der Waals surface area contributed by atoms with E-state index in [-0.39, 0.29) is 0 Å². The predicted octanol–water partition coefficient (Wildman–Crippen LogP) is 5.72. The van der Waals surface area contributed by atoms with Crippen molar-refractivity contribution < 1.29 is 4.74 Å². The van der Waals surface area contributed by atoms with Gasteiger partial charge in [-0.05, 0) is 48.1 Å². The molecule has 0 unspecified atom stereocenters. The zero-order valence-corrected chi connectivity index (χ0v) is 16.1. The molecule has 3 heterocycles. The third-order valence-electron chi connectivity index (χ3n) is 3.56. The summed E-state index contributed by atoms with van der Waals surface area (Å²) in [7, 11) is 1.60. The molecule has 3 aromatic heterocycles. The van der Waals surface area contributed by atoms with E-state index < -0.39 is 0 Å². The standard InChI is InChI=1S/C9H9NS.C6H7NO.C4H5NS/c1-10-8-6-11-9-5-3-2-4-7(8)9;1-8-6-4-2-3-5-7-6;1-4-2-6-3-5-4/h6H,2-5H2;2-5H,1H3;2-3H,1H3. The molecule has 1 aliphatic rings. The van der Waals surface area contributed by atoms with Crippen LogP contribution in [0.3, 0.4) is 0 Å². The van der Waals surface area contributed by atoms with E-state index in [4.69, 9.17) is 11.3 Å². The van der Waals surface area contributed by atoms with Gasteiger partial charge in [0.1, 0.15) is 0 Å². The number of rotatable bonds is 1. The van der Waals surface area contributed by atoms with Crippen LogP contribution in [0.2, 0.25) is 0 Å². The lowest BCUT2D eigenvalue weighted by molar-refractivity contribution is 0.398. The van der Waals surface area contributed by atoms with Crippen LogP contribution in [0.15, 0.2) is 40.7 Å². The first kappa shape index (κ1) is 19.1. The number of pyridine rings is 1. The summed E-state index contributed by atoms with van der Waals surface area (Å²) in [6.45, 7) is 8.91. The molecule has 0 N–H and O–H groups in total. The van der Waals surface area contributed by atoms with Gasteiger partial charge in [0.2, 0.25) is 11.6 Å². The number of nitrogens with zero attached hydrogens (tertiary/aromatic N) is 3. The van der Waals surface area contributed by atoms with Crippen molar-refractivity contribution in [2.24, 2.45) is 0 Å². The Hall–Kier alpha value is -2.23. The predicted molar refractivity (Wildman–Crippen MR) is 105 cm³/mol. The van der Waals surface area contributed by atoms with Crippen molar-refractivity contribution in [1.29, 1.82) is 0 Å². The molecule has 4 rings (SSSR count). The molecule has 1 aliphatic carbocycles. The lowest BCUT2D eigenvalue weighted by Crippen LogP contribution is -1.97. The van der Waals surface area contributed by atoms with Crippen LogP contribution in [0.5, 0.6) is 5.88 Å². The summed E-state index contributed by atoms with van der Waals surface area (Å²) in [5.74, 6) is 0.660. The van der Waals surface area contributed by atoms with Crippen LogP contribution in [0.4, 0.5) is 5.69 Å². The highest BCUT2D eigenvalue weighted by molar-refractivity contribution is 7.10. The summed E-state index contributed by atoms with van der Waals surface area (Å²) < 4.78 is 4.80. The monoisotopic (exact) mass is 371 g/mol. The zero-order valence-electron chi connectivity index (χ0n) is 14.4. The highest BCUT2D eigenvalue weighted by Gasteiger charge is 2.14. The molecule has 0 atom stereocenters. The molecule has 130 valence electrons. The van der Waals surface area contributed by atoms with Crippen molar-refractivity contribution >= 4 is 28.4 Å². The smallest absolute Gasteiger partial charge is 0.212 e. The Bertz CT molecular complexity index is 777. The largest absolute Gasteiger partial charge is 0.481 e. The molecule has 0 bridgehead atoms. The lowest BCUT2D eigenvalue weighted by Gasteiger charge is -2.10. The highest BCUT2D eigenvalue weighted by atomic mass is 32.1. The molecule has 0 saturated heterocycles. The van der Waals surface area contributed by atoms with E-state index >= 15 is 0 Å². The van der Waals surface area contributed by atoms with E-state index in [1.807, 2.05) is 35.3 Å². The fourth-order valence-electron chi connectivity index (χ4n) is 2.31. The average Bonchev–Trinajstić information content (AvgIpc) is 3.32. The van der Waals surface area contributed by atoms with Gasteiger partial charge in [-0.1, -0.05) is 12.5 Å². The first-order valence-corrected chi connectivity index (χ1v) is 9.83. The molecule has 0 aliphatic heterocycles. The Morgan fingerprint density at radius 3 is 2.52 bits per heavy atom. The minimum absolute atomic E-state index is 0.660. The number of thiophene rings is 1. The first-order chi connectivity index (χ1) is 12.2. The molecule has 0 fully saturated rings. The van der Waals surface area contributed by atoms with Crippen LogP contribution in [0.1, 0.15) is 29.0 Å². The second-order valence-corrected chi connectivity index (χ2v) is 7.03. The van der Waals surface area contributed by atoms with E-state index in [0.717, 1.165) is 17.8 Å². The van der Waals surface area contributed by atoms with Gasteiger partial charge in [-0.2, -0.15) is 11.3 Å². The van der Waals surface area contributed by atoms with E-state index in [9.17, 15) is 0 Å². The highest BCUT2D eigenvalue weighted by Crippen LogP contribution is 2.35. The molecule has 3 aromatic rings. The Morgan fingerprint density at radius 2 is 2.00 bits per heavy atom. The third-order valence-corrected chi connectivity index (χ3v) is 5.34. The van der Waals surface area contributed by atoms with Gasteiger partial charge in [-0.25, -0.2) is 9.83 Å². The number of aryl methyl sites for hydroxylation is 2. The number of ether oxygens (including phenoxy) is 1. The average molecular weight is 372 g/mol. The molecule has 0 radical (unpaired) electrons. The molecule has 0 spiro atoms. The molecule has 0 amide bonds. The van der Waals surface area contributed by atoms with Crippen LogP contribution in [-0.4, -0.2) is 17.1 Å². The minimum Gasteiger partial charge on any atom is -0.481 e. The van der Waals surface area contributed by atoms with Crippen LogP contribution >= 0.6 is 22.7 Å². The van der Waals surface area contributed by atoms with Crippen molar-refractivity contribution in [3.8, 4) is 5.88 Å². The van der Waals surface area contributed by atoms with E-state index in [1.165, 1.54) is 29.7 Å². The second-order valence-electron chi connectivity index (χ2n) is 5.34. The summed E-state index contributed by atoms with van der Waals surface area (Å²) in [5.41, 5.74) is 5.19. The van der Waals surface area contributed by atoms with Gasteiger partial charge in [0, 0.05) is 23.3 Å². The molecule has 4 nitrogen and oxygen atoms in total. The number of methoxy groups -OCH3 is 1. The number of hydrogen-bond donors (Lipinski definition) is 0. The maximum Gasteiger partial charge on any atom is 0.212 e. The second kappa shape index (κ2) is 10.6. The van der Waals surface area contributed by atoms with Gasteiger partial charge in [-0.15, -0.1) is 11.3 Å². The summed E-state index contributed by atoms with van der Waals surface area (Å²) in [6, 6.07) is 5.54. The summed E-state index contributed by atoms with van der Waals surface area (Å²) in [4.78, 5) is 12.8. The Morgan fingerprint density at radius 1 is 1.16 bits per heavy atom. The van der Waals surface area contributed by atoms with E-state index in [1.54, 1.807) is 42.0 Å². The number of hydrogen-bond acceptors (Lipinski definition) is 5. The maximum atomic E-state index is 6.93. The molecular formula is C19H21N3OS2. The Kier molecular flexibility index (Phi) is 8.10. The molecule has 25 heavy (non-hydrogen) atoms. The van der Waals surface area contributed by atoms with Crippen LogP contribution in [0.25, 0.3) is 4.85 Å². The topological polar surface area (TPSA) is 39.4 Å². The van der Waals surface area contributed by atoms with Crippen LogP contribution in [0, 0.1) is 13.5 Å². The summed E-state index contributed by atoms with van der Waals surface area (Å²) in [5, 5.41) is 4.02. The van der Waals surface area contributed by atoms with Gasteiger partial charge in [-0.3, -0.25) is 4.98 Å². The third kappa shape index (κ3) is 6.29. The van der Waals surface area contributed by atoms with Crippen LogP contribution in [-0.2, 0) is 12.8 Å². The number of fused-ring (bicyclic) bond motifs is 1. The fraction of sp³-hybridized carbons (Fsp3) is 0.316. The zero-order chi connectivity index (χ0) is 17.9. The van der Waals surface area contributed by atoms with Crippen molar-refractivity contribution in [3.05, 3.63) is 68.2 Å². The summed E-state index contributed by atoms with van der Waals surface area (Å²) >= 11 is 3.39. The van der Waals surface area contributed by atoms with Crippen LogP contribution < -0.4 is 4.74 Å². The molecule has 0 saturated carbocycles. The van der Waals surface area contributed by atoms with Gasteiger partial charge in [0.25, 0.3) is 0 Å².